The van der Waals surface area contributed by atoms with Crippen LogP contribution in [0.2, 0.25) is 0 Å². The van der Waals surface area contributed by atoms with E-state index in [0.717, 1.165) is 0 Å². The maximum absolute atomic E-state index is 13.1. The lowest BCUT2D eigenvalue weighted by atomic mass is 10.1. The summed E-state index contributed by atoms with van der Waals surface area (Å²) in [5.74, 6) is -3.65. The first-order valence-electron chi connectivity index (χ1n) is 9.83. The fraction of sp³-hybridized carbons (Fsp3) is 0.722. The minimum atomic E-state index is -1.25. The highest BCUT2D eigenvalue weighted by atomic mass is 32.2. The van der Waals surface area contributed by atoms with Gasteiger partial charge in [-0.25, -0.2) is 4.79 Å². The number of likely N-dealkylation sites (tertiary alicyclic amines) is 1. The fourth-order valence-electron chi connectivity index (χ4n) is 3.14. The summed E-state index contributed by atoms with van der Waals surface area (Å²) in [5.41, 5.74) is 5.84. The normalized spacial score (nSPS) is 18.7. The van der Waals surface area contributed by atoms with E-state index in [4.69, 9.17) is 15.9 Å². The molecule has 11 nitrogen and oxygen atoms in total. The third-order valence-electron chi connectivity index (χ3n) is 4.87. The summed E-state index contributed by atoms with van der Waals surface area (Å²) in [6.45, 7) is 0.230. The van der Waals surface area contributed by atoms with Crippen LogP contribution >= 0.6 is 24.4 Å². The van der Waals surface area contributed by atoms with Crippen molar-refractivity contribution >= 4 is 54.1 Å². The van der Waals surface area contributed by atoms with Gasteiger partial charge < -0.3 is 31.5 Å². The molecule has 6 N–H and O–H groups in total. The van der Waals surface area contributed by atoms with Crippen molar-refractivity contribution in [3.63, 3.8) is 0 Å². The average Bonchev–Trinajstić information content (AvgIpc) is 3.21. The number of nitrogens with two attached hydrogens (primary N) is 1. The van der Waals surface area contributed by atoms with Crippen LogP contribution in [0, 0.1) is 0 Å². The van der Waals surface area contributed by atoms with Crippen molar-refractivity contribution in [1.82, 2.24) is 15.5 Å². The summed E-state index contributed by atoms with van der Waals surface area (Å²) in [7, 11) is 0. The van der Waals surface area contributed by atoms with Gasteiger partial charge in [-0.1, -0.05) is 0 Å². The molecule has 3 amide bonds. The molecule has 0 saturated carbocycles. The number of aliphatic carboxylic acids is 2. The molecule has 0 radical (unpaired) electrons. The van der Waals surface area contributed by atoms with E-state index in [1.165, 1.54) is 16.7 Å². The lowest BCUT2D eigenvalue weighted by Crippen LogP contribution is -2.57. The Bertz CT molecular complexity index is 679. The molecule has 1 aliphatic rings. The second-order valence-corrected chi connectivity index (χ2v) is 8.50. The maximum atomic E-state index is 13.1. The van der Waals surface area contributed by atoms with E-state index in [1.54, 1.807) is 0 Å². The van der Waals surface area contributed by atoms with E-state index in [0.29, 0.717) is 25.0 Å². The predicted octanol–water partition coefficient (Wildman–Crippen LogP) is -1.09. The van der Waals surface area contributed by atoms with Gasteiger partial charge in [-0.3, -0.25) is 19.2 Å². The molecule has 0 bridgehead atoms. The summed E-state index contributed by atoms with van der Waals surface area (Å²) in [5, 5.41) is 23.0. The predicted molar refractivity (Wildman–Crippen MR) is 118 cm³/mol. The number of carbonyl (C=O) groups excluding carboxylic acids is 3. The van der Waals surface area contributed by atoms with Crippen LogP contribution in [0.5, 0.6) is 0 Å². The second-order valence-electron chi connectivity index (χ2n) is 7.15. The van der Waals surface area contributed by atoms with Crippen LogP contribution in [-0.2, 0) is 24.0 Å². The molecular formula is C18H30N4O7S2. The Labute approximate surface area is 190 Å². The van der Waals surface area contributed by atoms with Crippen molar-refractivity contribution in [3.8, 4) is 0 Å². The Balaban J connectivity index is 2.92. The lowest BCUT2D eigenvalue weighted by molar-refractivity contribution is -0.144. The monoisotopic (exact) mass is 478 g/mol. The Hall–Kier alpha value is -1.99. The number of hydrogen-bond acceptors (Lipinski definition) is 8. The van der Waals surface area contributed by atoms with E-state index in [9.17, 15) is 24.0 Å². The second kappa shape index (κ2) is 13.4. The number of carboxylic acids is 2. The van der Waals surface area contributed by atoms with Gasteiger partial charge >= 0.3 is 11.9 Å². The molecule has 4 unspecified atom stereocenters. The molecule has 4 atom stereocenters. The lowest BCUT2D eigenvalue weighted by Gasteiger charge is -2.29. The zero-order valence-corrected chi connectivity index (χ0v) is 19.0. The number of amides is 3. The van der Waals surface area contributed by atoms with Crippen molar-refractivity contribution < 1.29 is 34.2 Å². The molecule has 1 rings (SSSR count). The average molecular weight is 479 g/mol. The molecule has 0 aromatic rings. The standard InChI is InChI=1S/C18H30N4O7S2/c1-31-8-6-10(19)15(25)20-11(4-5-14(23)24)17(27)22-7-2-3-13(22)16(26)21-12(9-30)18(28)29/h10-13,30H,2-9,19H2,1H3,(H,20,25)(H,21,26)(H,23,24)(H,28,29). The van der Waals surface area contributed by atoms with Gasteiger partial charge in [-0.05, 0) is 37.7 Å². The molecule has 1 aliphatic heterocycles. The first kappa shape index (κ1) is 27.0. The topological polar surface area (TPSA) is 179 Å². The summed E-state index contributed by atoms with van der Waals surface area (Å²) in [4.78, 5) is 61.5. The number of carbonyl (C=O) groups is 5. The number of thiol groups is 1. The quantitative estimate of drug-likeness (QED) is 0.179. The first-order valence-corrected chi connectivity index (χ1v) is 11.9. The van der Waals surface area contributed by atoms with Crippen LogP contribution < -0.4 is 16.4 Å². The van der Waals surface area contributed by atoms with Gasteiger partial charge in [0.05, 0.1) is 6.04 Å². The molecule has 0 aromatic carbocycles. The number of thioether (sulfide) groups is 1. The van der Waals surface area contributed by atoms with E-state index < -0.39 is 53.8 Å². The number of hydrogen-bond donors (Lipinski definition) is 6. The van der Waals surface area contributed by atoms with Crippen LogP contribution in [0.1, 0.15) is 32.1 Å². The van der Waals surface area contributed by atoms with Gasteiger partial charge in [0.15, 0.2) is 0 Å². The van der Waals surface area contributed by atoms with Crippen molar-refractivity contribution in [1.29, 1.82) is 0 Å². The van der Waals surface area contributed by atoms with Crippen LogP contribution in [0.15, 0.2) is 0 Å². The molecule has 176 valence electrons. The van der Waals surface area contributed by atoms with Crippen LogP contribution in [0.25, 0.3) is 0 Å². The van der Waals surface area contributed by atoms with E-state index in [2.05, 4.69) is 23.3 Å². The molecule has 0 spiro atoms. The van der Waals surface area contributed by atoms with Crippen LogP contribution in [0.4, 0.5) is 0 Å². The van der Waals surface area contributed by atoms with Crippen LogP contribution in [0.3, 0.4) is 0 Å². The Morgan fingerprint density at radius 2 is 1.84 bits per heavy atom. The van der Waals surface area contributed by atoms with Gasteiger partial charge in [-0.15, -0.1) is 0 Å². The molecule has 1 fully saturated rings. The van der Waals surface area contributed by atoms with Crippen molar-refractivity contribution in [3.05, 3.63) is 0 Å². The van der Waals surface area contributed by atoms with Gasteiger partial charge in [-0.2, -0.15) is 24.4 Å². The van der Waals surface area contributed by atoms with Crippen molar-refractivity contribution in [2.45, 2.75) is 56.3 Å². The first-order chi connectivity index (χ1) is 14.6. The fourth-order valence-corrected chi connectivity index (χ4v) is 3.87. The van der Waals surface area contributed by atoms with Gasteiger partial charge in [0, 0.05) is 18.7 Å². The molecular weight excluding hydrogens is 448 g/mol. The largest absolute Gasteiger partial charge is 0.481 e. The Kier molecular flexibility index (Phi) is 11.7. The molecule has 1 saturated heterocycles. The van der Waals surface area contributed by atoms with Gasteiger partial charge in [0.25, 0.3) is 0 Å². The highest BCUT2D eigenvalue weighted by Gasteiger charge is 2.39. The maximum Gasteiger partial charge on any atom is 0.327 e. The summed E-state index contributed by atoms with van der Waals surface area (Å²) >= 11 is 5.42. The smallest absolute Gasteiger partial charge is 0.327 e. The molecule has 31 heavy (non-hydrogen) atoms. The molecule has 0 aliphatic carbocycles. The molecule has 0 aromatic heterocycles. The minimum absolute atomic E-state index is 0.118. The Morgan fingerprint density at radius 3 is 2.39 bits per heavy atom. The third-order valence-corrected chi connectivity index (χ3v) is 5.88. The summed E-state index contributed by atoms with van der Waals surface area (Å²) < 4.78 is 0. The summed E-state index contributed by atoms with van der Waals surface area (Å²) in [6, 6.07) is -4.12. The van der Waals surface area contributed by atoms with Gasteiger partial charge in [0.1, 0.15) is 18.1 Å². The zero-order valence-electron chi connectivity index (χ0n) is 17.3. The minimum Gasteiger partial charge on any atom is -0.481 e. The highest BCUT2D eigenvalue weighted by Crippen LogP contribution is 2.20. The Morgan fingerprint density at radius 1 is 1.16 bits per heavy atom. The molecule has 1 heterocycles. The van der Waals surface area contributed by atoms with Crippen LogP contribution in [-0.4, -0.2) is 93.2 Å². The van der Waals surface area contributed by atoms with Crippen molar-refractivity contribution in [2.75, 3.05) is 24.3 Å². The highest BCUT2D eigenvalue weighted by molar-refractivity contribution is 7.98. The van der Waals surface area contributed by atoms with E-state index in [-0.39, 0.29) is 25.1 Å². The number of nitrogens with one attached hydrogen (secondary N) is 2. The van der Waals surface area contributed by atoms with E-state index in [1.807, 2.05) is 6.26 Å². The van der Waals surface area contributed by atoms with E-state index >= 15 is 0 Å². The number of rotatable bonds is 13. The van der Waals surface area contributed by atoms with Crippen molar-refractivity contribution in [2.24, 2.45) is 5.73 Å². The number of carboxylic acid groups (broad SMARTS) is 2. The third kappa shape index (κ3) is 8.57. The number of nitrogens with zero attached hydrogens (tertiary/aromatic N) is 1. The SMILES string of the molecule is CSCCC(N)C(=O)NC(CCC(=O)O)C(=O)N1CCCC1C(=O)NC(CS)C(=O)O. The molecule has 13 heteroatoms. The summed E-state index contributed by atoms with van der Waals surface area (Å²) in [6.07, 6.45) is 2.57. The van der Waals surface area contributed by atoms with Gasteiger partial charge in [0.2, 0.25) is 17.7 Å². The zero-order chi connectivity index (χ0) is 23.6.